The predicted octanol–water partition coefficient (Wildman–Crippen LogP) is 28.2. The van der Waals surface area contributed by atoms with Gasteiger partial charge in [0.1, 0.15) is 5.75 Å². The van der Waals surface area contributed by atoms with Gasteiger partial charge in [-0.3, -0.25) is 0 Å². The monoisotopic (exact) mass is 1580 g/mol. The maximum Gasteiger partial charge on any atom is 0.122 e. The van der Waals surface area contributed by atoms with Crippen LogP contribution < -0.4 is 4.74 Å². The highest BCUT2D eigenvalue weighted by molar-refractivity contribution is 5.88. The van der Waals surface area contributed by atoms with Crippen LogP contribution in [0.5, 0.6) is 5.75 Å². The average Bonchev–Trinajstić information content (AvgIpc) is 1.27. The molecular weight excluding hydrogens is 1460 g/mol. The first-order valence-electron chi connectivity index (χ1n) is 48.2. The zero-order valence-corrected chi connectivity index (χ0v) is 74.8. The fourth-order valence-corrected chi connectivity index (χ4v) is 32.4. The first-order valence-corrected chi connectivity index (χ1v) is 48.2. The van der Waals surface area contributed by atoms with Crippen LogP contribution in [-0.2, 0) is 91.3 Å². The van der Waals surface area contributed by atoms with Crippen LogP contribution in [0.3, 0.4) is 0 Å². The van der Waals surface area contributed by atoms with Crippen LogP contribution in [-0.4, -0.2) is 7.11 Å². The molecule has 614 valence electrons. The van der Waals surface area contributed by atoms with E-state index in [1.165, 1.54) is 232 Å². The molecule has 15 aliphatic carbocycles. The van der Waals surface area contributed by atoms with Gasteiger partial charge in [-0.1, -0.05) is 230 Å². The summed E-state index contributed by atoms with van der Waals surface area (Å²) in [6.07, 6.45) is 34.0. The third-order valence-corrected chi connectivity index (χ3v) is 36.8. The fourth-order valence-electron chi connectivity index (χ4n) is 32.4. The summed E-state index contributed by atoms with van der Waals surface area (Å²) in [4.78, 5) is 0. The van der Waals surface area contributed by atoms with Gasteiger partial charge in [-0.25, -0.2) is 0 Å². The number of hydrogen-bond donors (Lipinski definition) is 0. The van der Waals surface area contributed by atoms with Crippen molar-refractivity contribution in [1.82, 2.24) is 0 Å². The standard InChI is InChI=1S/C28H24.C24H28O.C24H28.2C22H24/c1-3-8-20-16-26-22(12-18(20)6-1)14-24-10-5-11-25-15-23-13-19-7-2-4-9-21(19)17-27(23)28(24,25)26;1-14-8-17-11-19-6-5-7-20-12-18-9-16(3)23(25-4)13-22(18)24(19,20)21(17)10-15(14)2;1-14-8-10-16(3)22-20(14)12-18-6-5-7-19-13-21-15(2)9-11-17(4)23(21)24(18,19)22;1-14-6-8-20-16(10-14)12-18-4-3-5-19-13-17-11-15(2)7-9-21(17)22(18,19)20;1-14-6-8-16-12-18-4-3-5-19-13-17-9-7-15(2)11-21(17)22(18,19)20(16)10-14/h1-4,6-9,12-13,16-17,24-25H,5,10-11,14-15H2;8-10,13,19-20H,5-7,11-12H2,1-4H3;8-11,18-19H,5-7,12-13H2,1-4H3;2*6-11,18-19H,3-5,12-13H2,1-2H3/t24-,25-,28?;19-,20-,24?;18-,19-,24?;2*18-,19-,22?/m00000/s1. The minimum atomic E-state index is 0.252. The molecule has 12 aromatic rings. The molecule has 15 aliphatic rings. The van der Waals surface area contributed by atoms with E-state index in [9.17, 15) is 0 Å². The number of methoxy groups -OCH3 is 1. The Hall–Kier alpha value is -9.04. The van der Waals surface area contributed by atoms with E-state index >= 15 is 0 Å². The molecule has 1 unspecified atom stereocenters. The minimum Gasteiger partial charge on any atom is -0.496 e. The highest BCUT2D eigenvalue weighted by atomic mass is 16.5. The van der Waals surface area contributed by atoms with Gasteiger partial charge in [0.2, 0.25) is 0 Å². The van der Waals surface area contributed by atoms with Crippen LogP contribution in [0.15, 0.2) is 194 Å². The molecule has 0 saturated heterocycles. The third-order valence-electron chi connectivity index (χ3n) is 36.8. The number of rotatable bonds is 1. The van der Waals surface area contributed by atoms with Crippen molar-refractivity contribution < 1.29 is 4.74 Å². The summed E-state index contributed by atoms with van der Waals surface area (Å²) in [6, 6.07) is 76.4. The van der Waals surface area contributed by atoms with Crippen molar-refractivity contribution in [2.45, 2.75) is 264 Å². The number of benzene rings is 12. The Morgan fingerprint density at radius 1 is 0.215 bits per heavy atom. The topological polar surface area (TPSA) is 9.23 Å². The van der Waals surface area contributed by atoms with Gasteiger partial charge in [-0.15, -0.1) is 0 Å². The Kier molecular flexibility index (Phi) is 18.1. The molecule has 27 rings (SSSR count). The van der Waals surface area contributed by atoms with Gasteiger partial charge in [0.25, 0.3) is 0 Å². The summed E-state index contributed by atoms with van der Waals surface area (Å²) < 4.78 is 5.73. The predicted molar refractivity (Wildman–Crippen MR) is 503 cm³/mol. The quantitative estimate of drug-likeness (QED) is 0.159. The lowest BCUT2D eigenvalue weighted by Gasteiger charge is -2.45. The van der Waals surface area contributed by atoms with E-state index in [1.807, 2.05) is 7.11 Å². The van der Waals surface area contributed by atoms with E-state index < -0.39 is 0 Å². The molecule has 0 aliphatic heterocycles. The molecule has 1 heteroatoms. The number of hydrogen-bond acceptors (Lipinski definition) is 1. The van der Waals surface area contributed by atoms with Crippen LogP contribution >= 0.6 is 0 Å². The Morgan fingerprint density at radius 2 is 0.496 bits per heavy atom. The lowest BCUT2D eigenvalue weighted by atomic mass is 9.58. The SMILES string of the molecule is COc1cc2c(cc1C)C[C@@H]1CCC[C@H]3Cc4cc(C)c(C)cc4C231.Cc1ccc(C)c2c1C[C@@H]1CCC[C@H]3Cc4c(C)ccc(C)c4C213.Cc1ccc2c(c1)C13c4cc(C)ccc4C[C@@H]1CCC[C@H]3C2.Cc1ccc2c(c1)C[C@@H]1CCC[C@H]3Cc4cc(C)ccc4C213.c1ccc2cc3c(cc2c1)C[C@@H]1CCC[C@H]2Cc4cc5ccccc5cc4C312. The second kappa shape index (κ2) is 28.5. The van der Waals surface area contributed by atoms with Crippen molar-refractivity contribution in [2.24, 2.45) is 59.2 Å². The van der Waals surface area contributed by atoms with Crippen molar-refractivity contribution >= 4 is 21.5 Å². The Bertz CT molecular complexity index is 5970. The summed E-state index contributed by atoms with van der Waals surface area (Å²) in [6.45, 7) is 25.1. The molecule has 1 nitrogen and oxygen atoms in total. The Balaban J connectivity index is 0.0000000883. The van der Waals surface area contributed by atoms with Crippen molar-refractivity contribution in [2.75, 3.05) is 7.11 Å². The minimum absolute atomic E-state index is 0.252. The van der Waals surface area contributed by atoms with Crippen LogP contribution in [0.1, 0.15) is 269 Å². The molecule has 121 heavy (non-hydrogen) atoms. The molecule has 11 atom stereocenters. The van der Waals surface area contributed by atoms with E-state index in [-0.39, 0.29) is 10.8 Å². The van der Waals surface area contributed by atoms with E-state index in [1.54, 1.807) is 122 Å². The van der Waals surface area contributed by atoms with Crippen LogP contribution in [0.4, 0.5) is 0 Å². The number of ether oxygens (including phenoxy) is 1. The Labute approximate surface area is 723 Å². The normalized spacial score (nSPS) is 29.7. The maximum absolute atomic E-state index is 5.73. The summed E-state index contributed by atoms with van der Waals surface area (Å²) in [5, 5.41) is 5.64. The highest BCUT2D eigenvalue weighted by Crippen LogP contribution is 2.70. The van der Waals surface area contributed by atoms with Gasteiger partial charge in [0.05, 0.1) is 7.11 Å². The van der Waals surface area contributed by atoms with E-state index in [0.29, 0.717) is 16.2 Å². The van der Waals surface area contributed by atoms with E-state index in [2.05, 4.69) is 270 Å². The lowest BCUT2D eigenvalue weighted by molar-refractivity contribution is 0.175. The maximum atomic E-state index is 5.73. The largest absolute Gasteiger partial charge is 0.496 e. The molecule has 5 spiro atoms. The van der Waals surface area contributed by atoms with Gasteiger partial charge in [0.15, 0.2) is 0 Å². The zero-order valence-electron chi connectivity index (χ0n) is 74.8. The summed E-state index contributed by atoms with van der Waals surface area (Å²) in [7, 11) is 1.81. The number of aryl methyl sites for hydroxylation is 11. The molecule has 5 saturated carbocycles. The van der Waals surface area contributed by atoms with Crippen LogP contribution in [0.25, 0.3) is 21.5 Å². The van der Waals surface area contributed by atoms with Crippen molar-refractivity contribution in [3.05, 3.63) is 367 Å². The molecule has 5 fully saturated rings. The molecule has 0 bridgehead atoms. The van der Waals surface area contributed by atoms with Crippen molar-refractivity contribution in [3.8, 4) is 5.75 Å². The highest BCUT2D eigenvalue weighted by Gasteiger charge is 2.64. The molecule has 0 amide bonds. The Morgan fingerprint density at radius 3 is 0.884 bits per heavy atom. The number of fused-ring (bicyclic) bond motifs is 12. The first-order chi connectivity index (χ1) is 58.8. The second-order valence-electron chi connectivity index (χ2n) is 42.5. The first kappa shape index (κ1) is 76.8. The van der Waals surface area contributed by atoms with Gasteiger partial charge in [0, 0.05) is 27.1 Å². The van der Waals surface area contributed by atoms with Crippen LogP contribution in [0.2, 0.25) is 0 Å². The molecule has 0 N–H and O–H groups in total. The van der Waals surface area contributed by atoms with Gasteiger partial charge in [-0.2, -0.15) is 0 Å². The van der Waals surface area contributed by atoms with Crippen LogP contribution in [0, 0.1) is 135 Å². The molecule has 0 radical (unpaired) electrons. The van der Waals surface area contributed by atoms with Gasteiger partial charge < -0.3 is 4.74 Å². The van der Waals surface area contributed by atoms with Gasteiger partial charge >= 0.3 is 0 Å². The van der Waals surface area contributed by atoms with Crippen molar-refractivity contribution in [1.29, 1.82) is 0 Å². The molecule has 0 heterocycles. The lowest BCUT2D eigenvalue weighted by Crippen LogP contribution is -2.41. The van der Waals surface area contributed by atoms with Gasteiger partial charge in [-0.05, 0) is 454 Å². The molecule has 0 aromatic heterocycles. The average molecular weight is 1590 g/mol. The fraction of sp³-hybridized carbons (Fsp3) is 0.433. The summed E-state index contributed by atoms with van der Waals surface area (Å²) in [5.74, 6) is 9.18. The third kappa shape index (κ3) is 10.9. The van der Waals surface area contributed by atoms with E-state index in [0.717, 1.165) is 64.9 Å². The summed E-state index contributed by atoms with van der Waals surface area (Å²) in [5.41, 5.74) is 50.7. The summed E-state index contributed by atoms with van der Waals surface area (Å²) >= 11 is 0. The molecule has 12 aromatic carbocycles. The van der Waals surface area contributed by atoms with E-state index in [4.69, 9.17) is 4.74 Å². The van der Waals surface area contributed by atoms with Crippen molar-refractivity contribution in [3.63, 3.8) is 0 Å². The molecular formula is C120H128O. The second-order valence-corrected chi connectivity index (χ2v) is 42.5. The smallest absolute Gasteiger partial charge is 0.122 e. The zero-order chi connectivity index (χ0) is 82.1.